The Morgan fingerprint density at radius 1 is 0.971 bits per heavy atom. The average Bonchev–Trinajstić information content (AvgIpc) is 3.46. The van der Waals surface area contributed by atoms with E-state index in [9.17, 15) is 19.5 Å². The van der Waals surface area contributed by atoms with E-state index in [1.54, 1.807) is 12.1 Å². The minimum absolute atomic E-state index is 0.0603. The third kappa shape index (κ3) is 4.55. The number of carboxylic acids is 1. The fourth-order valence-electron chi connectivity index (χ4n) is 4.72. The number of amides is 2. The predicted molar refractivity (Wildman–Crippen MR) is 129 cm³/mol. The predicted octanol–water partition coefficient (Wildman–Crippen LogP) is 3.94. The van der Waals surface area contributed by atoms with E-state index in [-0.39, 0.29) is 12.5 Å². The molecule has 3 N–H and O–H groups in total. The van der Waals surface area contributed by atoms with Crippen molar-refractivity contribution in [3.05, 3.63) is 83.4 Å². The van der Waals surface area contributed by atoms with E-state index in [0.717, 1.165) is 27.8 Å². The molecule has 3 aromatic rings. The zero-order chi connectivity index (χ0) is 24.4. The topological polar surface area (TPSA) is 114 Å². The van der Waals surface area contributed by atoms with Crippen LogP contribution in [-0.2, 0) is 20.7 Å². The first kappa shape index (κ1) is 22.5. The van der Waals surface area contributed by atoms with E-state index in [0.29, 0.717) is 24.5 Å². The number of ether oxygens (including phenoxy) is 2. The van der Waals surface area contributed by atoms with E-state index in [4.69, 9.17) is 9.47 Å². The third-order valence-corrected chi connectivity index (χ3v) is 6.33. The zero-order valence-electron chi connectivity index (χ0n) is 18.8. The van der Waals surface area contributed by atoms with Crippen LogP contribution < -0.4 is 15.4 Å². The van der Waals surface area contributed by atoms with Crippen LogP contribution in [-0.4, -0.2) is 42.3 Å². The Balaban J connectivity index is 1.26. The van der Waals surface area contributed by atoms with Crippen molar-refractivity contribution in [3.8, 4) is 16.9 Å². The lowest BCUT2D eigenvalue weighted by Crippen LogP contribution is -2.45. The number of benzene rings is 3. The Kier molecular flexibility index (Phi) is 6.10. The summed E-state index contributed by atoms with van der Waals surface area (Å²) < 4.78 is 11.0. The number of fused-ring (bicyclic) bond motifs is 4. The van der Waals surface area contributed by atoms with Crippen LogP contribution in [0.3, 0.4) is 0 Å². The highest BCUT2D eigenvalue weighted by atomic mass is 16.5. The largest absolute Gasteiger partial charge is 0.493 e. The number of carbonyl (C=O) groups is 3. The molecule has 1 unspecified atom stereocenters. The standard InChI is InChI=1S/C27H24N2O6/c30-25(31)14-23(26(32)28-22-10-5-11-24-20(22)12-13-34-24)29-27(33)35-15-21-18-8-3-1-6-16(18)17-7-2-4-9-19(17)21/h1-11,21,23H,12-15H2,(H,28,32)(H,29,33)(H,30,31). The Morgan fingerprint density at radius 2 is 1.66 bits per heavy atom. The summed E-state index contributed by atoms with van der Waals surface area (Å²) in [5.41, 5.74) is 5.69. The van der Waals surface area contributed by atoms with Crippen molar-refractivity contribution in [1.29, 1.82) is 0 Å². The molecule has 0 bridgehead atoms. The maximum absolute atomic E-state index is 12.9. The summed E-state index contributed by atoms with van der Waals surface area (Å²) in [6, 6.07) is 19.9. The van der Waals surface area contributed by atoms with Crippen molar-refractivity contribution < 1.29 is 29.0 Å². The number of alkyl carbamates (subject to hydrolysis) is 1. The summed E-state index contributed by atoms with van der Waals surface area (Å²) in [6.45, 7) is 0.573. The molecule has 178 valence electrons. The second kappa shape index (κ2) is 9.50. The van der Waals surface area contributed by atoms with E-state index in [1.807, 2.05) is 54.6 Å². The monoisotopic (exact) mass is 472 g/mol. The molecule has 1 aliphatic heterocycles. The van der Waals surface area contributed by atoms with Crippen molar-refractivity contribution in [2.75, 3.05) is 18.5 Å². The van der Waals surface area contributed by atoms with Crippen LogP contribution in [0, 0.1) is 0 Å². The van der Waals surface area contributed by atoms with Crippen molar-refractivity contribution in [3.63, 3.8) is 0 Å². The molecule has 0 fully saturated rings. The van der Waals surface area contributed by atoms with E-state index in [1.165, 1.54) is 0 Å². The van der Waals surface area contributed by atoms with Crippen LogP contribution in [0.2, 0.25) is 0 Å². The van der Waals surface area contributed by atoms with Gasteiger partial charge in [0.25, 0.3) is 0 Å². The van der Waals surface area contributed by atoms with Crippen molar-refractivity contribution >= 4 is 23.7 Å². The molecule has 1 aliphatic carbocycles. The second-order valence-corrected chi connectivity index (χ2v) is 8.49. The minimum atomic E-state index is -1.30. The maximum Gasteiger partial charge on any atom is 0.407 e. The number of anilines is 1. The normalized spacial score (nSPS) is 14.2. The fraction of sp³-hybridized carbons (Fsp3) is 0.222. The van der Waals surface area contributed by atoms with Crippen LogP contribution in [0.1, 0.15) is 29.0 Å². The molecule has 35 heavy (non-hydrogen) atoms. The van der Waals surface area contributed by atoms with Gasteiger partial charge in [0.1, 0.15) is 18.4 Å². The summed E-state index contributed by atoms with van der Waals surface area (Å²) in [6.07, 6.45) is -0.800. The summed E-state index contributed by atoms with van der Waals surface area (Å²) in [5.74, 6) is -1.32. The Bertz CT molecular complexity index is 1260. The molecule has 5 rings (SSSR count). The van der Waals surface area contributed by atoms with Crippen LogP contribution in [0.4, 0.5) is 10.5 Å². The Labute approximate surface area is 201 Å². The lowest BCUT2D eigenvalue weighted by molar-refractivity contribution is -0.139. The van der Waals surface area contributed by atoms with Gasteiger partial charge in [-0.05, 0) is 34.4 Å². The van der Waals surface area contributed by atoms with Gasteiger partial charge in [0.05, 0.1) is 13.0 Å². The number of carbonyl (C=O) groups excluding carboxylic acids is 2. The number of hydrogen-bond acceptors (Lipinski definition) is 5. The molecule has 2 aliphatic rings. The van der Waals surface area contributed by atoms with Gasteiger partial charge in [0.2, 0.25) is 5.91 Å². The first-order valence-corrected chi connectivity index (χ1v) is 11.4. The molecule has 0 saturated heterocycles. The number of hydrogen-bond donors (Lipinski definition) is 3. The number of rotatable bonds is 7. The molecule has 0 radical (unpaired) electrons. The molecule has 3 aromatic carbocycles. The average molecular weight is 472 g/mol. The summed E-state index contributed by atoms with van der Waals surface area (Å²) >= 11 is 0. The van der Waals surface area contributed by atoms with Gasteiger partial charge in [0.15, 0.2) is 0 Å². The molecule has 2 amide bonds. The lowest BCUT2D eigenvalue weighted by atomic mass is 9.98. The van der Waals surface area contributed by atoms with Crippen LogP contribution in [0.15, 0.2) is 66.7 Å². The van der Waals surface area contributed by atoms with Crippen LogP contribution >= 0.6 is 0 Å². The van der Waals surface area contributed by atoms with Gasteiger partial charge in [-0.25, -0.2) is 4.79 Å². The molecule has 0 aromatic heterocycles. The Hall–Kier alpha value is -4.33. The minimum Gasteiger partial charge on any atom is -0.493 e. The van der Waals surface area contributed by atoms with Gasteiger partial charge >= 0.3 is 12.1 Å². The number of carboxylic acid groups (broad SMARTS) is 1. The molecule has 1 heterocycles. The molecule has 8 nitrogen and oxygen atoms in total. The summed E-state index contributed by atoms with van der Waals surface area (Å²) in [7, 11) is 0. The Morgan fingerprint density at radius 3 is 2.34 bits per heavy atom. The SMILES string of the molecule is O=C(O)CC(NC(=O)OCC1c2ccccc2-c2ccccc21)C(=O)Nc1cccc2c1CCO2. The molecule has 0 spiro atoms. The van der Waals surface area contributed by atoms with Gasteiger partial charge < -0.3 is 25.2 Å². The zero-order valence-corrected chi connectivity index (χ0v) is 18.8. The van der Waals surface area contributed by atoms with Crippen molar-refractivity contribution in [1.82, 2.24) is 5.32 Å². The van der Waals surface area contributed by atoms with Gasteiger partial charge in [-0.1, -0.05) is 54.6 Å². The smallest absolute Gasteiger partial charge is 0.407 e. The summed E-state index contributed by atoms with van der Waals surface area (Å²) in [5, 5.41) is 14.4. The van der Waals surface area contributed by atoms with Crippen molar-refractivity contribution in [2.45, 2.75) is 24.8 Å². The van der Waals surface area contributed by atoms with Gasteiger partial charge in [-0.3, -0.25) is 9.59 Å². The fourth-order valence-corrected chi connectivity index (χ4v) is 4.72. The van der Waals surface area contributed by atoms with Gasteiger partial charge in [0, 0.05) is 23.6 Å². The third-order valence-electron chi connectivity index (χ3n) is 6.33. The van der Waals surface area contributed by atoms with Crippen molar-refractivity contribution in [2.24, 2.45) is 0 Å². The second-order valence-electron chi connectivity index (χ2n) is 8.49. The van der Waals surface area contributed by atoms with E-state index < -0.39 is 30.4 Å². The summed E-state index contributed by atoms with van der Waals surface area (Å²) in [4.78, 5) is 36.9. The van der Waals surface area contributed by atoms with E-state index >= 15 is 0 Å². The molecule has 1 atom stereocenters. The first-order valence-electron chi connectivity index (χ1n) is 11.4. The molecular formula is C27H24N2O6. The van der Waals surface area contributed by atoms with Gasteiger partial charge in [-0.2, -0.15) is 0 Å². The highest BCUT2D eigenvalue weighted by Gasteiger charge is 2.30. The van der Waals surface area contributed by atoms with Gasteiger partial charge in [-0.15, -0.1) is 0 Å². The first-order chi connectivity index (χ1) is 17.0. The van der Waals surface area contributed by atoms with Crippen LogP contribution in [0.25, 0.3) is 11.1 Å². The highest BCUT2D eigenvalue weighted by Crippen LogP contribution is 2.44. The quantitative estimate of drug-likeness (QED) is 0.480. The number of aliphatic carboxylic acids is 1. The lowest BCUT2D eigenvalue weighted by Gasteiger charge is -2.19. The molecule has 0 saturated carbocycles. The molecular weight excluding hydrogens is 448 g/mol. The van der Waals surface area contributed by atoms with E-state index in [2.05, 4.69) is 10.6 Å². The molecule has 8 heteroatoms. The highest BCUT2D eigenvalue weighted by molar-refractivity contribution is 5.99. The number of nitrogens with one attached hydrogen (secondary N) is 2. The maximum atomic E-state index is 12.9. The van der Waals surface area contributed by atoms with Crippen LogP contribution in [0.5, 0.6) is 5.75 Å².